The van der Waals surface area contributed by atoms with Crippen molar-refractivity contribution in [2.45, 2.75) is 33.0 Å². The van der Waals surface area contributed by atoms with Gasteiger partial charge in [-0.15, -0.1) is 21.5 Å². The van der Waals surface area contributed by atoms with Crippen LogP contribution in [0, 0.1) is 6.92 Å². The van der Waals surface area contributed by atoms with Gasteiger partial charge < -0.3 is 9.47 Å². The van der Waals surface area contributed by atoms with Crippen LogP contribution in [0.25, 0.3) is 0 Å². The van der Waals surface area contributed by atoms with Gasteiger partial charge in [-0.05, 0) is 6.92 Å². The molecule has 3 heterocycles. The van der Waals surface area contributed by atoms with E-state index in [4.69, 9.17) is 0 Å². The molecule has 118 valence electrons. The molecule has 0 fully saturated rings. The molecule has 1 amide bonds. The first-order valence-electron chi connectivity index (χ1n) is 7.27. The number of likely N-dealkylation sites (N-methyl/N-ethyl adjacent to an activating group) is 1. The van der Waals surface area contributed by atoms with Gasteiger partial charge in [0.1, 0.15) is 16.7 Å². The number of carbonyl (C=O) groups is 1. The van der Waals surface area contributed by atoms with Gasteiger partial charge in [0, 0.05) is 39.1 Å². The minimum atomic E-state index is 0.0856. The van der Waals surface area contributed by atoms with E-state index in [0.717, 1.165) is 48.5 Å². The second-order valence-electron chi connectivity index (χ2n) is 5.72. The summed E-state index contributed by atoms with van der Waals surface area (Å²) in [6, 6.07) is 0. The van der Waals surface area contributed by atoms with Gasteiger partial charge in [-0.2, -0.15) is 0 Å². The van der Waals surface area contributed by atoms with Crippen LogP contribution in [0.5, 0.6) is 0 Å². The topological polar surface area (TPSA) is 67.2 Å². The monoisotopic (exact) mass is 320 g/mol. The van der Waals surface area contributed by atoms with Crippen LogP contribution in [0.4, 0.5) is 0 Å². The number of carbonyl (C=O) groups excluding carboxylic acids is 1. The van der Waals surface area contributed by atoms with Crippen molar-refractivity contribution in [1.82, 2.24) is 29.5 Å². The molecule has 0 unspecified atom stereocenters. The molecule has 3 rings (SSSR count). The second kappa shape index (κ2) is 6.13. The van der Waals surface area contributed by atoms with Gasteiger partial charge in [0.15, 0.2) is 0 Å². The molecule has 0 atom stereocenters. The van der Waals surface area contributed by atoms with E-state index in [1.807, 2.05) is 12.3 Å². The summed E-state index contributed by atoms with van der Waals surface area (Å²) in [5.74, 6) is 2.08. The van der Waals surface area contributed by atoms with Gasteiger partial charge in [0.2, 0.25) is 5.91 Å². The van der Waals surface area contributed by atoms with E-state index in [1.54, 1.807) is 30.3 Å². The number of hydrogen-bond donors (Lipinski definition) is 0. The summed E-state index contributed by atoms with van der Waals surface area (Å²) >= 11 is 1.56. The molecule has 0 saturated carbocycles. The number of aromatic nitrogens is 4. The van der Waals surface area contributed by atoms with Gasteiger partial charge in [-0.3, -0.25) is 9.69 Å². The Morgan fingerprint density at radius 1 is 1.36 bits per heavy atom. The number of fused-ring (bicyclic) bond motifs is 1. The van der Waals surface area contributed by atoms with Crippen molar-refractivity contribution < 1.29 is 4.79 Å². The summed E-state index contributed by atoms with van der Waals surface area (Å²) in [7, 11) is 3.53. The maximum atomic E-state index is 11.7. The molecule has 8 heteroatoms. The Balaban J connectivity index is 1.60. The van der Waals surface area contributed by atoms with Crippen LogP contribution in [0.3, 0.4) is 0 Å². The molecule has 1 aliphatic rings. The summed E-state index contributed by atoms with van der Waals surface area (Å²) < 4.78 is 2.17. The molecule has 0 bridgehead atoms. The first kappa shape index (κ1) is 15.1. The fraction of sp³-hybridized carbons (Fsp3) is 0.571. The van der Waals surface area contributed by atoms with E-state index in [-0.39, 0.29) is 5.91 Å². The minimum absolute atomic E-state index is 0.0856. The molecular formula is C14H20N6OS. The average Bonchev–Trinajstić information content (AvgIpc) is 3.06. The van der Waals surface area contributed by atoms with Gasteiger partial charge in [0.25, 0.3) is 0 Å². The summed E-state index contributed by atoms with van der Waals surface area (Å²) in [6.45, 7) is 5.46. The van der Waals surface area contributed by atoms with E-state index >= 15 is 0 Å². The van der Waals surface area contributed by atoms with Gasteiger partial charge in [-0.25, -0.2) is 4.98 Å². The maximum absolute atomic E-state index is 11.7. The first-order valence-corrected chi connectivity index (χ1v) is 8.15. The van der Waals surface area contributed by atoms with Crippen molar-refractivity contribution in [1.29, 1.82) is 0 Å². The Bertz CT molecular complexity index is 677. The molecule has 0 N–H and O–H groups in total. The van der Waals surface area contributed by atoms with E-state index < -0.39 is 0 Å². The summed E-state index contributed by atoms with van der Waals surface area (Å²) in [5, 5.41) is 11.3. The molecule has 0 spiro atoms. The summed E-state index contributed by atoms with van der Waals surface area (Å²) in [5.41, 5.74) is 1.02. The largest absolute Gasteiger partial charge is 0.348 e. The van der Waals surface area contributed by atoms with Crippen LogP contribution < -0.4 is 0 Å². The van der Waals surface area contributed by atoms with Crippen LogP contribution in [-0.2, 0) is 30.8 Å². The number of nitrogens with zero attached hydrogens (tertiary/aromatic N) is 6. The molecular weight excluding hydrogens is 300 g/mol. The van der Waals surface area contributed by atoms with Crippen LogP contribution in [0.2, 0.25) is 0 Å². The fourth-order valence-corrected chi connectivity index (χ4v) is 3.28. The molecule has 0 aromatic carbocycles. The predicted octanol–water partition coefficient (Wildman–Crippen LogP) is 0.690. The number of thiazole rings is 1. The lowest BCUT2D eigenvalue weighted by atomic mass is 10.3. The highest BCUT2D eigenvalue weighted by molar-refractivity contribution is 7.09. The van der Waals surface area contributed by atoms with Crippen LogP contribution in [-0.4, -0.2) is 56.1 Å². The average molecular weight is 320 g/mol. The van der Waals surface area contributed by atoms with Crippen molar-refractivity contribution in [3.63, 3.8) is 0 Å². The van der Waals surface area contributed by atoms with Crippen molar-refractivity contribution in [2.75, 3.05) is 20.6 Å². The Morgan fingerprint density at radius 3 is 2.95 bits per heavy atom. The van der Waals surface area contributed by atoms with E-state index in [1.165, 1.54) is 0 Å². The van der Waals surface area contributed by atoms with Crippen LogP contribution in [0.15, 0.2) is 5.38 Å². The molecule has 2 aromatic rings. The quantitative estimate of drug-likeness (QED) is 0.829. The first-order chi connectivity index (χ1) is 10.5. The van der Waals surface area contributed by atoms with Gasteiger partial charge in [-0.1, -0.05) is 0 Å². The zero-order valence-electron chi connectivity index (χ0n) is 13.1. The Kier molecular flexibility index (Phi) is 4.21. The summed E-state index contributed by atoms with van der Waals surface area (Å²) in [6.07, 6.45) is 0.380. The lowest BCUT2D eigenvalue weighted by molar-refractivity contribution is -0.127. The zero-order chi connectivity index (χ0) is 15.7. The molecule has 2 aromatic heterocycles. The third-order valence-electron chi connectivity index (χ3n) is 3.80. The van der Waals surface area contributed by atoms with Crippen LogP contribution >= 0.6 is 11.3 Å². The van der Waals surface area contributed by atoms with Crippen LogP contribution in [0.1, 0.15) is 22.4 Å². The van der Waals surface area contributed by atoms with Gasteiger partial charge in [0.05, 0.1) is 18.7 Å². The maximum Gasteiger partial charge on any atom is 0.228 e. The standard InChI is InChI=1S/C14H20N6OS/c1-10-16-17-12-8-19(4-5-20(10)12)7-11-9-22-13(15-11)6-14(21)18(2)3/h9H,4-8H2,1-3H3. The Labute approximate surface area is 133 Å². The number of rotatable bonds is 4. The number of hydrogen-bond acceptors (Lipinski definition) is 6. The van der Waals surface area contributed by atoms with E-state index in [0.29, 0.717) is 6.42 Å². The van der Waals surface area contributed by atoms with Crippen molar-refractivity contribution in [2.24, 2.45) is 0 Å². The van der Waals surface area contributed by atoms with Crippen molar-refractivity contribution in [3.8, 4) is 0 Å². The van der Waals surface area contributed by atoms with E-state index in [2.05, 4.69) is 24.6 Å². The van der Waals surface area contributed by atoms with Crippen molar-refractivity contribution in [3.05, 3.63) is 27.7 Å². The molecule has 0 aliphatic carbocycles. The number of amides is 1. The van der Waals surface area contributed by atoms with E-state index in [9.17, 15) is 4.79 Å². The fourth-order valence-electron chi connectivity index (χ4n) is 2.51. The highest BCUT2D eigenvalue weighted by Gasteiger charge is 2.20. The third-order valence-corrected chi connectivity index (χ3v) is 4.70. The molecule has 0 radical (unpaired) electrons. The lowest BCUT2D eigenvalue weighted by Gasteiger charge is -2.26. The molecule has 22 heavy (non-hydrogen) atoms. The molecule has 7 nitrogen and oxygen atoms in total. The third kappa shape index (κ3) is 3.17. The normalized spacial score (nSPS) is 14.9. The van der Waals surface area contributed by atoms with Crippen molar-refractivity contribution >= 4 is 17.2 Å². The zero-order valence-corrected chi connectivity index (χ0v) is 13.9. The molecule has 0 saturated heterocycles. The number of aryl methyl sites for hydroxylation is 1. The highest BCUT2D eigenvalue weighted by atomic mass is 32.1. The lowest BCUT2D eigenvalue weighted by Crippen LogP contribution is -2.33. The highest BCUT2D eigenvalue weighted by Crippen LogP contribution is 2.17. The van der Waals surface area contributed by atoms with Gasteiger partial charge >= 0.3 is 0 Å². The predicted molar refractivity (Wildman–Crippen MR) is 83.4 cm³/mol. The Morgan fingerprint density at radius 2 is 2.18 bits per heavy atom. The SMILES string of the molecule is Cc1nnc2n1CCN(Cc1csc(CC(=O)N(C)C)n1)C2. The summed E-state index contributed by atoms with van der Waals surface area (Å²) in [4.78, 5) is 20.2. The second-order valence-corrected chi connectivity index (χ2v) is 6.67. The minimum Gasteiger partial charge on any atom is -0.348 e. The smallest absolute Gasteiger partial charge is 0.228 e. The molecule has 1 aliphatic heterocycles. The Hall–Kier alpha value is -1.80.